The van der Waals surface area contributed by atoms with E-state index < -0.39 is 34.7 Å². The van der Waals surface area contributed by atoms with E-state index in [9.17, 15) is 24.8 Å². The minimum absolute atomic E-state index is 0.0709. The molecule has 0 heterocycles. The maximum Gasteiger partial charge on any atom is 0.407 e. The zero-order valence-electron chi connectivity index (χ0n) is 15.9. The van der Waals surface area contributed by atoms with E-state index in [1.165, 1.54) is 18.2 Å². The second kappa shape index (κ2) is 9.86. The number of nitrogens with one attached hydrogen (secondary N) is 1. The number of ether oxygens (including phenoxy) is 2. The molecule has 9 heteroatoms. The fourth-order valence-electron chi connectivity index (χ4n) is 2.33. The Labute approximate surface area is 157 Å². The van der Waals surface area contributed by atoms with Gasteiger partial charge in [-0.15, -0.1) is 0 Å². The second-order valence-electron chi connectivity index (χ2n) is 6.96. The van der Waals surface area contributed by atoms with Gasteiger partial charge in [-0.2, -0.15) is 0 Å². The summed E-state index contributed by atoms with van der Waals surface area (Å²) in [7, 11) is 0. The molecule has 0 bridgehead atoms. The lowest BCUT2D eigenvalue weighted by Gasteiger charge is -2.26. The summed E-state index contributed by atoms with van der Waals surface area (Å²) in [5, 5.41) is 23.8. The Morgan fingerprint density at radius 1 is 1.33 bits per heavy atom. The van der Waals surface area contributed by atoms with Gasteiger partial charge in [-0.3, -0.25) is 14.9 Å². The van der Waals surface area contributed by atoms with Crippen molar-refractivity contribution in [1.29, 1.82) is 0 Å². The summed E-state index contributed by atoms with van der Waals surface area (Å²) >= 11 is 0. The number of carbonyl (C=O) groups excluding carboxylic acids is 2. The third-order valence-electron chi connectivity index (χ3n) is 3.42. The standard InChI is InChI=1S/C18H26N2O7/c1-5-26-16(22)11-15(21)14(19-17(23)27-18(2,3)4)10-12-7-6-8-13(9-12)20(24)25/h6-9,14-15,21H,5,10-11H2,1-4H3,(H,19,23)/t14-,15+/m0/s1. The molecule has 0 aromatic heterocycles. The molecule has 1 rings (SSSR count). The summed E-state index contributed by atoms with van der Waals surface area (Å²) in [5.74, 6) is -0.611. The highest BCUT2D eigenvalue weighted by molar-refractivity contribution is 5.71. The lowest BCUT2D eigenvalue weighted by molar-refractivity contribution is -0.384. The number of nitro benzene ring substituents is 1. The smallest absolute Gasteiger partial charge is 0.407 e. The largest absolute Gasteiger partial charge is 0.466 e. The quantitative estimate of drug-likeness (QED) is 0.401. The molecule has 2 N–H and O–H groups in total. The van der Waals surface area contributed by atoms with Crippen molar-refractivity contribution in [3.63, 3.8) is 0 Å². The van der Waals surface area contributed by atoms with Crippen LogP contribution in [0.15, 0.2) is 24.3 Å². The number of non-ortho nitro benzene ring substituents is 1. The number of rotatable bonds is 8. The van der Waals surface area contributed by atoms with Crippen molar-refractivity contribution in [3.8, 4) is 0 Å². The average Bonchev–Trinajstić information content (AvgIpc) is 2.52. The summed E-state index contributed by atoms with van der Waals surface area (Å²) in [6.45, 7) is 6.88. The van der Waals surface area contributed by atoms with E-state index in [1.54, 1.807) is 33.8 Å². The van der Waals surface area contributed by atoms with Gasteiger partial charge in [0, 0.05) is 12.1 Å². The highest BCUT2D eigenvalue weighted by atomic mass is 16.6. The predicted molar refractivity (Wildman–Crippen MR) is 97.2 cm³/mol. The van der Waals surface area contributed by atoms with Gasteiger partial charge in [0.05, 0.1) is 30.1 Å². The molecule has 0 fully saturated rings. The molecule has 0 aliphatic rings. The zero-order valence-corrected chi connectivity index (χ0v) is 15.9. The van der Waals surface area contributed by atoms with Crippen molar-refractivity contribution < 1.29 is 29.1 Å². The first-order chi connectivity index (χ1) is 12.5. The minimum atomic E-state index is -1.25. The number of amides is 1. The Kier molecular flexibility index (Phi) is 8.17. The third kappa shape index (κ3) is 8.50. The lowest BCUT2D eigenvalue weighted by Crippen LogP contribution is -2.47. The van der Waals surface area contributed by atoms with Gasteiger partial charge in [-0.25, -0.2) is 4.79 Å². The van der Waals surface area contributed by atoms with Crippen LogP contribution in [0.3, 0.4) is 0 Å². The molecule has 0 aliphatic carbocycles. The molecule has 0 saturated carbocycles. The van der Waals surface area contributed by atoms with Crippen LogP contribution in [0.1, 0.15) is 39.7 Å². The predicted octanol–water partition coefficient (Wildman–Crippen LogP) is 2.34. The molecule has 1 amide bonds. The molecule has 1 aromatic rings. The summed E-state index contributed by atoms with van der Waals surface area (Å²) in [4.78, 5) is 34.1. The van der Waals surface area contributed by atoms with Crippen LogP contribution in [0.5, 0.6) is 0 Å². The molecule has 1 aromatic carbocycles. The zero-order chi connectivity index (χ0) is 20.6. The number of benzene rings is 1. The summed E-state index contributed by atoms with van der Waals surface area (Å²) < 4.78 is 10.0. The summed E-state index contributed by atoms with van der Waals surface area (Å²) in [6.07, 6.45) is -2.28. The van der Waals surface area contributed by atoms with Crippen LogP contribution in [-0.2, 0) is 20.7 Å². The molecular weight excluding hydrogens is 356 g/mol. The van der Waals surface area contributed by atoms with Crippen molar-refractivity contribution in [3.05, 3.63) is 39.9 Å². The number of esters is 1. The van der Waals surface area contributed by atoms with E-state index in [0.29, 0.717) is 5.56 Å². The average molecular weight is 382 g/mol. The number of nitro groups is 1. The number of alkyl carbamates (subject to hydrolysis) is 1. The van der Waals surface area contributed by atoms with E-state index in [0.717, 1.165) is 0 Å². The van der Waals surface area contributed by atoms with Crippen LogP contribution in [0.4, 0.5) is 10.5 Å². The molecule has 9 nitrogen and oxygen atoms in total. The molecule has 0 unspecified atom stereocenters. The number of aliphatic hydroxyl groups excluding tert-OH is 1. The Morgan fingerprint density at radius 3 is 2.56 bits per heavy atom. The first-order valence-corrected chi connectivity index (χ1v) is 8.58. The highest BCUT2D eigenvalue weighted by Gasteiger charge is 2.27. The van der Waals surface area contributed by atoms with Crippen LogP contribution in [0.25, 0.3) is 0 Å². The maximum atomic E-state index is 12.1. The van der Waals surface area contributed by atoms with E-state index >= 15 is 0 Å². The fraction of sp³-hybridized carbons (Fsp3) is 0.556. The first-order valence-electron chi connectivity index (χ1n) is 8.58. The SMILES string of the molecule is CCOC(=O)C[C@@H](O)[C@H](Cc1cccc([N+](=O)[O-])c1)NC(=O)OC(C)(C)C. The van der Waals surface area contributed by atoms with Gasteiger partial charge >= 0.3 is 12.1 Å². The molecule has 2 atom stereocenters. The number of hydrogen-bond donors (Lipinski definition) is 2. The fourth-order valence-corrected chi connectivity index (χ4v) is 2.33. The maximum absolute atomic E-state index is 12.1. The van der Waals surface area contributed by atoms with E-state index in [1.807, 2.05) is 0 Å². The van der Waals surface area contributed by atoms with Crippen LogP contribution in [0, 0.1) is 10.1 Å². The van der Waals surface area contributed by atoms with Crippen LogP contribution < -0.4 is 5.32 Å². The Bertz CT molecular complexity index is 670. The third-order valence-corrected chi connectivity index (χ3v) is 3.42. The Balaban J connectivity index is 2.95. The molecule has 0 saturated heterocycles. The van der Waals surface area contributed by atoms with E-state index in [-0.39, 0.29) is 25.1 Å². The van der Waals surface area contributed by atoms with Crippen molar-refractivity contribution in [1.82, 2.24) is 5.32 Å². The first kappa shape index (κ1) is 22.4. The van der Waals surface area contributed by atoms with Crippen LogP contribution in [-0.4, -0.2) is 46.4 Å². The van der Waals surface area contributed by atoms with Gasteiger partial charge in [-0.1, -0.05) is 12.1 Å². The van der Waals surface area contributed by atoms with Gasteiger partial charge in [0.1, 0.15) is 5.60 Å². The normalized spacial score (nSPS) is 13.4. The van der Waals surface area contributed by atoms with E-state index in [4.69, 9.17) is 9.47 Å². The van der Waals surface area contributed by atoms with Gasteiger partial charge in [-0.05, 0) is 39.7 Å². The number of carbonyl (C=O) groups is 2. The Hall–Kier alpha value is -2.68. The van der Waals surface area contributed by atoms with Gasteiger partial charge < -0.3 is 19.9 Å². The summed E-state index contributed by atoms with van der Waals surface area (Å²) in [6, 6.07) is 4.94. The highest BCUT2D eigenvalue weighted by Crippen LogP contribution is 2.17. The minimum Gasteiger partial charge on any atom is -0.466 e. The van der Waals surface area contributed by atoms with Gasteiger partial charge in [0.15, 0.2) is 0 Å². The molecular formula is C18H26N2O7. The topological polar surface area (TPSA) is 128 Å². The van der Waals surface area contributed by atoms with Crippen molar-refractivity contribution in [2.24, 2.45) is 0 Å². The van der Waals surface area contributed by atoms with E-state index in [2.05, 4.69) is 5.32 Å². The van der Waals surface area contributed by atoms with Crippen molar-refractivity contribution >= 4 is 17.7 Å². The van der Waals surface area contributed by atoms with Crippen molar-refractivity contribution in [2.75, 3.05) is 6.61 Å². The van der Waals surface area contributed by atoms with Crippen molar-refractivity contribution in [2.45, 2.75) is 58.3 Å². The molecule has 27 heavy (non-hydrogen) atoms. The second-order valence-corrected chi connectivity index (χ2v) is 6.96. The van der Waals surface area contributed by atoms with Crippen LogP contribution in [0.2, 0.25) is 0 Å². The Morgan fingerprint density at radius 2 is 2.00 bits per heavy atom. The number of hydrogen-bond acceptors (Lipinski definition) is 7. The van der Waals surface area contributed by atoms with Gasteiger partial charge in [0.25, 0.3) is 5.69 Å². The lowest BCUT2D eigenvalue weighted by atomic mass is 9.99. The van der Waals surface area contributed by atoms with Gasteiger partial charge in [0.2, 0.25) is 0 Å². The molecule has 0 aliphatic heterocycles. The number of aliphatic hydroxyl groups is 1. The summed E-state index contributed by atoms with van der Waals surface area (Å²) in [5.41, 5.74) is -0.330. The number of nitrogens with zero attached hydrogens (tertiary/aromatic N) is 1. The molecule has 150 valence electrons. The monoisotopic (exact) mass is 382 g/mol. The molecule has 0 spiro atoms. The molecule has 0 radical (unpaired) electrons. The van der Waals surface area contributed by atoms with Crippen LogP contribution >= 0.6 is 0 Å².